The van der Waals surface area contributed by atoms with Crippen molar-refractivity contribution in [2.45, 2.75) is 19.3 Å². The highest BCUT2D eigenvalue weighted by molar-refractivity contribution is 5.22. The van der Waals surface area contributed by atoms with Gasteiger partial charge in [0.05, 0.1) is 0 Å². The predicted molar refractivity (Wildman–Crippen MR) is 45.6 cm³/mol. The van der Waals surface area contributed by atoms with Crippen molar-refractivity contribution >= 4 is 0 Å². The van der Waals surface area contributed by atoms with Gasteiger partial charge in [-0.05, 0) is 12.5 Å². The minimum absolute atomic E-state index is 0.0716. The molecule has 0 aliphatic rings. The molecule has 1 rings (SSSR count). The minimum atomic E-state index is -2.52. The van der Waals surface area contributed by atoms with Crippen LogP contribution in [0.2, 0.25) is 0 Å². The first kappa shape index (κ1) is 10.1. The maximum absolute atomic E-state index is 12.4. The highest BCUT2D eigenvalue weighted by Crippen LogP contribution is 2.26. The number of hydrogen-bond donors (Lipinski definition) is 1. The van der Waals surface area contributed by atoms with Gasteiger partial charge in [-0.1, -0.05) is 6.92 Å². The number of aromatic nitrogens is 2. The molecule has 3 nitrogen and oxygen atoms in total. The van der Waals surface area contributed by atoms with Crippen molar-refractivity contribution in [3.63, 3.8) is 0 Å². The van der Waals surface area contributed by atoms with Crippen molar-refractivity contribution in [1.82, 2.24) is 9.78 Å². The maximum atomic E-state index is 12.4. The van der Waals surface area contributed by atoms with E-state index >= 15 is 0 Å². The van der Waals surface area contributed by atoms with E-state index in [4.69, 9.17) is 5.73 Å². The molecule has 1 aromatic heterocycles. The quantitative estimate of drug-likeness (QED) is 0.781. The van der Waals surface area contributed by atoms with Crippen molar-refractivity contribution in [3.05, 3.63) is 17.5 Å². The fourth-order valence-corrected chi connectivity index (χ4v) is 1.20. The lowest BCUT2D eigenvalue weighted by Gasteiger charge is -2.06. The number of alkyl halides is 2. The molecule has 1 aromatic rings. The molecule has 74 valence electrons. The molecule has 0 aromatic carbocycles. The molecule has 13 heavy (non-hydrogen) atoms. The third kappa shape index (κ3) is 2.03. The molecular weight excluding hydrogens is 176 g/mol. The number of nitrogens with two attached hydrogens (primary N) is 1. The van der Waals surface area contributed by atoms with Crippen molar-refractivity contribution in [2.75, 3.05) is 6.54 Å². The Bertz CT molecular complexity index is 283. The van der Waals surface area contributed by atoms with Crippen molar-refractivity contribution < 1.29 is 8.78 Å². The summed E-state index contributed by atoms with van der Waals surface area (Å²) in [4.78, 5) is 0. The normalized spacial score (nSPS) is 13.7. The number of hydrogen-bond acceptors (Lipinski definition) is 2. The van der Waals surface area contributed by atoms with Crippen LogP contribution in [-0.4, -0.2) is 16.3 Å². The van der Waals surface area contributed by atoms with Crippen LogP contribution in [0, 0.1) is 0 Å². The van der Waals surface area contributed by atoms with Crippen LogP contribution in [0.3, 0.4) is 0 Å². The predicted octanol–water partition coefficient (Wildman–Crippen LogP) is 1.42. The summed E-state index contributed by atoms with van der Waals surface area (Å²) >= 11 is 0. The first-order chi connectivity index (χ1) is 6.06. The van der Waals surface area contributed by atoms with Gasteiger partial charge in [-0.3, -0.25) is 4.68 Å². The van der Waals surface area contributed by atoms with E-state index in [2.05, 4.69) is 5.10 Å². The molecule has 0 aliphatic carbocycles. The second-order valence-corrected chi connectivity index (χ2v) is 3.08. The Balaban J connectivity index is 3.04. The van der Waals surface area contributed by atoms with Crippen molar-refractivity contribution in [1.29, 1.82) is 0 Å². The Hall–Kier alpha value is -0.970. The van der Waals surface area contributed by atoms with Crippen LogP contribution in [0.5, 0.6) is 0 Å². The minimum Gasteiger partial charge on any atom is -0.330 e. The van der Waals surface area contributed by atoms with E-state index in [1.807, 2.05) is 6.92 Å². The molecule has 0 saturated carbocycles. The molecule has 5 heteroatoms. The zero-order chi connectivity index (χ0) is 10.0. The highest BCUT2D eigenvalue weighted by Gasteiger charge is 2.20. The molecule has 2 N–H and O–H groups in total. The first-order valence-electron chi connectivity index (χ1n) is 4.08. The van der Waals surface area contributed by atoms with E-state index in [0.29, 0.717) is 12.1 Å². The van der Waals surface area contributed by atoms with E-state index < -0.39 is 6.43 Å². The summed E-state index contributed by atoms with van der Waals surface area (Å²) < 4.78 is 26.2. The molecule has 1 heterocycles. The summed E-state index contributed by atoms with van der Waals surface area (Å²) in [7, 11) is 1.62. The van der Waals surface area contributed by atoms with Gasteiger partial charge in [-0.15, -0.1) is 0 Å². The molecule has 0 amide bonds. The van der Waals surface area contributed by atoms with Crippen LogP contribution in [-0.2, 0) is 7.05 Å². The Morgan fingerprint density at radius 2 is 2.23 bits per heavy atom. The van der Waals surface area contributed by atoms with Gasteiger partial charge in [0.1, 0.15) is 5.69 Å². The summed E-state index contributed by atoms with van der Waals surface area (Å²) in [5.74, 6) is -0.0716. The largest absolute Gasteiger partial charge is 0.330 e. The van der Waals surface area contributed by atoms with E-state index in [-0.39, 0.29) is 11.6 Å². The number of aryl methyl sites for hydroxylation is 1. The molecule has 0 radical (unpaired) electrons. The summed E-state index contributed by atoms with van der Waals surface area (Å²) in [6, 6.07) is 0. The van der Waals surface area contributed by atoms with Gasteiger partial charge in [0.2, 0.25) is 0 Å². The standard InChI is InChI=1S/C8H13F2N3/c1-5(3-11)6-4-13(2)12-7(6)8(9)10/h4-5,8H,3,11H2,1-2H3. The van der Waals surface area contributed by atoms with E-state index in [9.17, 15) is 8.78 Å². The monoisotopic (exact) mass is 189 g/mol. The van der Waals surface area contributed by atoms with Gasteiger partial charge in [0.15, 0.2) is 0 Å². The summed E-state index contributed by atoms with van der Waals surface area (Å²) in [5.41, 5.74) is 5.79. The SMILES string of the molecule is CC(CN)c1cn(C)nc1C(F)F. The zero-order valence-corrected chi connectivity index (χ0v) is 7.67. The van der Waals surface area contributed by atoms with Crippen LogP contribution < -0.4 is 5.73 Å². The van der Waals surface area contributed by atoms with Gasteiger partial charge in [-0.25, -0.2) is 8.78 Å². The van der Waals surface area contributed by atoms with Gasteiger partial charge in [0.25, 0.3) is 6.43 Å². The molecule has 1 unspecified atom stereocenters. The second-order valence-electron chi connectivity index (χ2n) is 3.08. The van der Waals surface area contributed by atoms with Crippen LogP contribution in [0.15, 0.2) is 6.20 Å². The summed E-state index contributed by atoms with van der Waals surface area (Å²) in [6.45, 7) is 2.16. The Morgan fingerprint density at radius 3 is 2.69 bits per heavy atom. The highest BCUT2D eigenvalue weighted by atomic mass is 19.3. The Kier molecular flexibility index (Phi) is 2.98. The fourth-order valence-electron chi connectivity index (χ4n) is 1.20. The molecule has 0 aliphatic heterocycles. The topological polar surface area (TPSA) is 43.8 Å². The fraction of sp³-hybridized carbons (Fsp3) is 0.625. The van der Waals surface area contributed by atoms with Gasteiger partial charge >= 0.3 is 0 Å². The first-order valence-corrected chi connectivity index (χ1v) is 4.08. The van der Waals surface area contributed by atoms with E-state index in [1.165, 1.54) is 4.68 Å². The van der Waals surface area contributed by atoms with Gasteiger partial charge < -0.3 is 5.73 Å². The van der Waals surface area contributed by atoms with Crippen LogP contribution in [0.4, 0.5) is 8.78 Å². The molecule has 0 fully saturated rings. The Labute approximate surface area is 75.5 Å². The van der Waals surface area contributed by atoms with Crippen LogP contribution in [0.1, 0.15) is 30.5 Å². The number of halogens is 2. The maximum Gasteiger partial charge on any atom is 0.282 e. The number of nitrogens with zero attached hydrogens (tertiary/aromatic N) is 2. The molecule has 0 saturated heterocycles. The lowest BCUT2D eigenvalue weighted by Crippen LogP contribution is -2.10. The van der Waals surface area contributed by atoms with Crippen molar-refractivity contribution in [2.24, 2.45) is 12.8 Å². The second kappa shape index (κ2) is 3.83. The van der Waals surface area contributed by atoms with Gasteiger partial charge in [0, 0.05) is 18.8 Å². The average molecular weight is 189 g/mol. The third-order valence-corrected chi connectivity index (χ3v) is 1.98. The zero-order valence-electron chi connectivity index (χ0n) is 7.67. The van der Waals surface area contributed by atoms with E-state index in [0.717, 1.165) is 0 Å². The third-order valence-electron chi connectivity index (χ3n) is 1.98. The average Bonchev–Trinajstić information content (AvgIpc) is 2.46. The molecule has 1 atom stereocenters. The molecular formula is C8H13F2N3. The van der Waals surface area contributed by atoms with Crippen LogP contribution >= 0.6 is 0 Å². The lowest BCUT2D eigenvalue weighted by atomic mass is 10.0. The Morgan fingerprint density at radius 1 is 1.62 bits per heavy atom. The number of rotatable bonds is 3. The van der Waals surface area contributed by atoms with Crippen molar-refractivity contribution in [3.8, 4) is 0 Å². The van der Waals surface area contributed by atoms with Gasteiger partial charge in [-0.2, -0.15) is 5.10 Å². The van der Waals surface area contributed by atoms with E-state index in [1.54, 1.807) is 13.2 Å². The summed E-state index contributed by atoms with van der Waals surface area (Å²) in [5, 5.41) is 3.69. The smallest absolute Gasteiger partial charge is 0.282 e. The molecule has 0 spiro atoms. The lowest BCUT2D eigenvalue weighted by molar-refractivity contribution is 0.143. The molecule has 0 bridgehead atoms. The summed E-state index contributed by atoms with van der Waals surface area (Å²) in [6.07, 6.45) is -0.927. The van der Waals surface area contributed by atoms with Crippen LogP contribution in [0.25, 0.3) is 0 Å².